The molecular formula is C13H27N3. The van der Waals surface area contributed by atoms with Crippen LogP contribution in [-0.4, -0.2) is 61.7 Å². The highest BCUT2D eigenvalue weighted by Crippen LogP contribution is 2.11. The minimum atomic E-state index is 0.793. The molecule has 1 N–H and O–H groups in total. The molecule has 3 heteroatoms. The highest BCUT2D eigenvalue weighted by molar-refractivity contribution is 4.79. The molecule has 0 aromatic carbocycles. The van der Waals surface area contributed by atoms with Crippen molar-refractivity contribution in [2.75, 3.05) is 45.8 Å². The molecule has 2 rings (SSSR count). The summed E-state index contributed by atoms with van der Waals surface area (Å²) < 4.78 is 0. The van der Waals surface area contributed by atoms with Gasteiger partial charge in [0, 0.05) is 25.7 Å². The van der Waals surface area contributed by atoms with Crippen molar-refractivity contribution in [3.05, 3.63) is 0 Å². The Morgan fingerprint density at radius 3 is 2.69 bits per heavy atom. The van der Waals surface area contributed by atoms with Crippen molar-refractivity contribution >= 4 is 0 Å². The molecular weight excluding hydrogens is 198 g/mol. The standard InChI is InChI=1S/C13H27N3/c1-2-16(13-6-5-7-14-12-13)11-10-15-8-3-4-9-15/h13-14H,2-12H2,1H3. The van der Waals surface area contributed by atoms with Crippen LogP contribution >= 0.6 is 0 Å². The second-order valence-corrected chi connectivity index (χ2v) is 5.18. The molecule has 0 aromatic rings. The second kappa shape index (κ2) is 6.58. The highest BCUT2D eigenvalue weighted by atomic mass is 15.2. The number of hydrogen-bond acceptors (Lipinski definition) is 3. The first kappa shape index (κ1) is 12.3. The Hall–Kier alpha value is -0.120. The molecule has 1 unspecified atom stereocenters. The summed E-state index contributed by atoms with van der Waals surface area (Å²) in [6.07, 6.45) is 5.57. The molecule has 3 nitrogen and oxygen atoms in total. The first-order chi connectivity index (χ1) is 7.90. The van der Waals surface area contributed by atoms with Crippen LogP contribution in [0.3, 0.4) is 0 Å². The van der Waals surface area contributed by atoms with Gasteiger partial charge < -0.3 is 10.2 Å². The molecule has 2 heterocycles. The fourth-order valence-electron chi connectivity index (χ4n) is 3.02. The molecule has 0 aliphatic carbocycles. The van der Waals surface area contributed by atoms with E-state index in [4.69, 9.17) is 0 Å². The van der Waals surface area contributed by atoms with E-state index in [1.165, 1.54) is 71.5 Å². The molecule has 0 spiro atoms. The summed E-state index contributed by atoms with van der Waals surface area (Å²) in [7, 11) is 0. The van der Waals surface area contributed by atoms with E-state index >= 15 is 0 Å². The third kappa shape index (κ3) is 3.44. The van der Waals surface area contributed by atoms with E-state index in [2.05, 4.69) is 22.0 Å². The fraction of sp³-hybridized carbons (Fsp3) is 1.00. The SMILES string of the molecule is CCN(CCN1CCCC1)C1CCCNC1. The van der Waals surface area contributed by atoms with Crippen LogP contribution in [0.25, 0.3) is 0 Å². The largest absolute Gasteiger partial charge is 0.315 e. The quantitative estimate of drug-likeness (QED) is 0.757. The van der Waals surface area contributed by atoms with Crippen LogP contribution in [0.2, 0.25) is 0 Å². The number of nitrogens with one attached hydrogen (secondary N) is 1. The molecule has 2 aliphatic heterocycles. The van der Waals surface area contributed by atoms with Crippen molar-refractivity contribution in [2.24, 2.45) is 0 Å². The first-order valence-corrected chi connectivity index (χ1v) is 7.07. The number of likely N-dealkylation sites (N-methyl/N-ethyl adjacent to an activating group) is 1. The molecule has 2 fully saturated rings. The Balaban J connectivity index is 1.70. The van der Waals surface area contributed by atoms with Gasteiger partial charge in [0.1, 0.15) is 0 Å². The Morgan fingerprint density at radius 2 is 2.06 bits per heavy atom. The van der Waals surface area contributed by atoms with Crippen LogP contribution in [0, 0.1) is 0 Å². The Kier molecular flexibility index (Phi) is 5.07. The second-order valence-electron chi connectivity index (χ2n) is 5.18. The molecule has 94 valence electrons. The lowest BCUT2D eigenvalue weighted by atomic mass is 10.1. The zero-order valence-corrected chi connectivity index (χ0v) is 10.7. The number of hydrogen-bond donors (Lipinski definition) is 1. The van der Waals surface area contributed by atoms with Gasteiger partial charge >= 0.3 is 0 Å². The van der Waals surface area contributed by atoms with E-state index in [1.54, 1.807) is 0 Å². The van der Waals surface area contributed by atoms with E-state index in [0.717, 1.165) is 6.04 Å². The van der Waals surface area contributed by atoms with Gasteiger partial charge in [0.2, 0.25) is 0 Å². The number of rotatable bonds is 5. The van der Waals surface area contributed by atoms with Crippen LogP contribution in [0.1, 0.15) is 32.6 Å². The lowest BCUT2D eigenvalue weighted by Gasteiger charge is -2.34. The third-order valence-electron chi connectivity index (χ3n) is 4.10. The summed E-state index contributed by atoms with van der Waals surface area (Å²) in [5.41, 5.74) is 0. The van der Waals surface area contributed by atoms with E-state index in [-0.39, 0.29) is 0 Å². The predicted octanol–water partition coefficient (Wildman–Crippen LogP) is 1.16. The zero-order valence-electron chi connectivity index (χ0n) is 10.7. The van der Waals surface area contributed by atoms with Crippen LogP contribution in [0.4, 0.5) is 0 Å². The molecule has 2 aliphatic rings. The molecule has 0 aromatic heterocycles. The first-order valence-electron chi connectivity index (χ1n) is 7.07. The summed E-state index contributed by atoms with van der Waals surface area (Å²) in [6.45, 7) is 11.2. The van der Waals surface area contributed by atoms with Crippen LogP contribution in [0.5, 0.6) is 0 Å². The van der Waals surface area contributed by atoms with Gasteiger partial charge in [-0.05, 0) is 51.9 Å². The highest BCUT2D eigenvalue weighted by Gasteiger charge is 2.20. The lowest BCUT2D eigenvalue weighted by Crippen LogP contribution is -2.48. The van der Waals surface area contributed by atoms with Gasteiger partial charge in [0.15, 0.2) is 0 Å². The topological polar surface area (TPSA) is 18.5 Å². The van der Waals surface area contributed by atoms with E-state index < -0.39 is 0 Å². The van der Waals surface area contributed by atoms with E-state index in [0.29, 0.717) is 0 Å². The third-order valence-corrected chi connectivity index (χ3v) is 4.10. The number of piperidine rings is 1. The maximum atomic E-state index is 3.52. The van der Waals surface area contributed by atoms with Crippen molar-refractivity contribution in [1.29, 1.82) is 0 Å². The summed E-state index contributed by atoms with van der Waals surface area (Å²) in [5.74, 6) is 0. The van der Waals surface area contributed by atoms with Gasteiger partial charge in [-0.25, -0.2) is 0 Å². The molecule has 0 radical (unpaired) electrons. The van der Waals surface area contributed by atoms with Gasteiger partial charge in [-0.1, -0.05) is 6.92 Å². The van der Waals surface area contributed by atoms with Crippen molar-refractivity contribution in [2.45, 2.75) is 38.6 Å². The van der Waals surface area contributed by atoms with Crippen LogP contribution < -0.4 is 5.32 Å². The monoisotopic (exact) mass is 225 g/mol. The normalized spacial score (nSPS) is 27.8. The Labute approximate surface area is 100 Å². The van der Waals surface area contributed by atoms with Crippen molar-refractivity contribution in [3.8, 4) is 0 Å². The minimum Gasteiger partial charge on any atom is -0.315 e. The molecule has 0 bridgehead atoms. The predicted molar refractivity (Wildman–Crippen MR) is 68.8 cm³/mol. The maximum Gasteiger partial charge on any atom is 0.0221 e. The molecule has 0 saturated carbocycles. The van der Waals surface area contributed by atoms with E-state index in [9.17, 15) is 0 Å². The van der Waals surface area contributed by atoms with Gasteiger partial charge in [0.05, 0.1) is 0 Å². The summed E-state index contributed by atoms with van der Waals surface area (Å²) in [5, 5.41) is 3.52. The molecule has 0 amide bonds. The van der Waals surface area contributed by atoms with Gasteiger partial charge in [-0.2, -0.15) is 0 Å². The summed E-state index contributed by atoms with van der Waals surface area (Å²) in [4.78, 5) is 5.30. The fourth-order valence-corrected chi connectivity index (χ4v) is 3.02. The van der Waals surface area contributed by atoms with Crippen molar-refractivity contribution in [1.82, 2.24) is 15.1 Å². The van der Waals surface area contributed by atoms with Crippen LogP contribution in [-0.2, 0) is 0 Å². The van der Waals surface area contributed by atoms with Gasteiger partial charge in [-0.3, -0.25) is 4.90 Å². The molecule has 2 saturated heterocycles. The number of likely N-dealkylation sites (tertiary alicyclic amines) is 1. The van der Waals surface area contributed by atoms with Gasteiger partial charge in [0.25, 0.3) is 0 Å². The van der Waals surface area contributed by atoms with Crippen molar-refractivity contribution in [3.63, 3.8) is 0 Å². The van der Waals surface area contributed by atoms with Gasteiger partial charge in [-0.15, -0.1) is 0 Å². The van der Waals surface area contributed by atoms with Crippen LogP contribution in [0.15, 0.2) is 0 Å². The number of nitrogens with zero attached hydrogens (tertiary/aromatic N) is 2. The zero-order chi connectivity index (χ0) is 11.2. The average Bonchev–Trinajstić information content (AvgIpc) is 2.84. The average molecular weight is 225 g/mol. The Morgan fingerprint density at radius 1 is 1.25 bits per heavy atom. The molecule has 1 atom stereocenters. The molecule has 16 heavy (non-hydrogen) atoms. The summed E-state index contributed by atoms with van der Waals surface area (Å²) in [6, 6.07) is 0.793. The maximum absolute atomic E-state index is 3.52. The smallest absolute Gasteiger partial charge is 0.0221 e. The minimum absolute atomic E-state index is 0.793. The van der Waals surface area contributed by atoms with Crippen molar-refractivity contribution < 1.29 is 0 Å². The Bertz CT molecular complexity index is 184. The van der Waals surface area contributed by atoms with E-state index in [1.807, 2.05) is 0 Å². The summed E-state index contributed by atoms with van der Waals surface area (Å²) >= 11 is 0. The lowest BCUT2D eigenvalue weighted by molar-refractivity contribution is 0.154.